The highest BCUT2D eigenvalue weighted by Crippen LogP contribution is 2.24. The van der Waals surface area contributed by atoms with Crippen LogP contribution >= 0.6 is 11.6 Å². The quantitative estimate of drug-likeness (QED) is 0.767. The summed E-state index contributed by atoms with van der Waals surface area (Å²) >= 11 is 6.20. The molecule has 2 aliphatic heterocycles. The van der Waals surface area contributed by atoms with Crippen molar-refractivity contribution < 1.29 is 9.13 Å². The molecule has 0 atom stereocenters. The van der Waals surface area contributed by atoms with Crippen molar-refractivity contribution in [1.82, 2.24) is 15.3 Å². The summed E-state index contributed by atoms with van der Waals surface area (Å²) in [6.07, 6.45) is 0.875. The number of benzene rings is 2. The molecule has 2 aromatic carbocycles. The van der Waals surface area contributed by atoms with E-state index in [-0.39, 0.29) is 5.82 Å². The molecule has 1 N–H and O–H groups in total. The molecule has 1 fully saturated rings. The van der Waals surface area contributed by atoms with Crippen LogP contribution < -0.4 is 5.43 Å². The summed E-state index contributed by atoms with van der Waals surface area (Å²) in [5.74, 6) is -0.306. The van der Waals surface area contributed by atoms with E-state index in [1.165, 1.54) is 34.5 Å². The highest BCUT2D eigenvalue weighted by molar-refractivity contribution is 6.31. The first kappa shape index (κ1) is 20.4. The second-order valence-electron chi connectivity index (χ2n) is 7.80. The van der Waals surface area contributed by atoms with E-state index in [0.717, 1.165) is 51.4 Å². The summed E-state index contributed by atoms with van der Waals surface area (Å²) in [5.41, 5.74) is 9.73. The Morgan fingerprint density at radius 3 is 2.55 bits per heavy atom. The van der Waals surface area contributed by atoms with Gasteiger partial charge < -0.3 is 10.2 Å². The largest absolute Gasteiger partial charge is 0.379 e. The van der Waals surface area contributed by atoms with Gasteiger partial charge in [0.25, 0.3) is 0 Å². The lowest BCUT2D eigenvalue weighted by atomic mass is 10.0. The molecule has 0 radical (unpaired) electrons. The van der Waals surface area contributed by atoms with Crippen molar-refractivity contribution in [3.8, 4) is 0 Å². The molecule has 0 aliphatic carbocycles. The van der Waals surface area contributed by atoms with Gasteiger partial charge >= 0.3 is 0 Å². The van der Waals surface area contributed by atoms with Crippen LogP contribution in [0, 0.1) is 5.82 Å². The van der Waals surface area contributed by atoms with Crippen LogP contribution in [0.2, 0.25) is 5.02 Å². The Hall–Kier alpha value is -1.92. The Kier molecular flexibility index (Phi) is 6.50. The van der Waals surface area contributed by atoms with E-state index in [1.807, 2.05) is 0 Å². The molecule has 2 heterocycles. The van der Waals surface area contributed by atoms with Crippen molar-refractivity contribution in [2.45, 2.75) is 26.4 Å². The SMILES string of the molecule is CC1=C(Cc2ccccc2CN2CCOCC2)NN(Cc2ccc(F)cc2Cl)C1. The van der Waals surface area contributed by atoms with Crippen molar-refractivity contribution in [3.05, 3.63) is 81.3 Å². The predicted octanol–water partition coefficient (Wildman–Crippen LogP) is 4.15. The zero-order valence-electron chi connectivity index (χ0n) is 16.8. The molecule has 4 rings (SSSR count). The van der Waals surface area contributed by atoms with Crippen LogP contribution in [0.4, 0.5) is 4.39 Å². The van der Waals surface area contributed by atoms with Crippen LogP contribution in [0.5, 0.6) is 0 Å². The Balaban J connectivity index is 1.41. The zero-order chi connectivity index (χ0) is 20.2. The Bertz CT molecular complexity index is 895. The van der Waals surface area contributed by atoms with Gasteiger partial charge in [0.1, 0.15) is 5.82 Å². The number of allylic oxidation sites excluding steroid dienone is 1. The molecule has 1 saturated heterocycles. The average Bonchev–Trinajstić information content (AvgIpc) is 3.05. The lowest BCUT2D eigenvalue weighted by molar-refractivity contribution is 0.0341. The fourth-order valence-electron chi connectivity index (χ4n) is 3.92. The van der Waals surface area contributed by atoms with E-state index in [0.29, 0.717) is 11.6 Å². The van der Waals surface area contributed by atoms with Gasteiger partial charge in [-0.2, -0.15) is 0 Å². The maximum absolute atomic E-state index is 13.3. The van der Waals surface area contributed by atoms with Crippen LogP contribution in [0.1, 0.15) is 23.6 Å². The number of hydrogen-bond acceptors (Lipinski definition) is 4. The lowest BCUT2D eigenvalue weighted by Gasteiger charge is -2.27. The van der Waals surface area contributed by atoms with Crippen LogP contribution in [0.3, 0.4) is 0 Å². The van der Waals surface area contributed by atoms with Gasteiger partial charge in [-0.05, 0) is 41.3 Å². The highest BCUT2D eigenvalue weighted by atomic mass is 35.5. The van der Waals surface area contributed by atoms with Crippen molar-refractivity contribution in [2.24, 2.45) is 0 Å². The molecular weight excluding hydrogens is 389 g/mol. The molecule has 0 bridgehead atoms. The van der Waals surface area contributed by atoms with Gasteiger partial charge in [-0.15, -0.1) is 0 Å². The number of nitrogens with one attached hydrogen (secondary N) is 1. The predicted molar refractivity (Wildman–Crippen MR) is 114 cm³/mol. The number of hydrogen-bond donors (Lipinski definition) is 1. The fourth-order valence-corrected chi connectivity index (χ4v) is 4.15. The number of nitrogens with zero attached hydrogens (tertiary/aromatic N) is 2. The van der Waals surface area contributed by atoms with Crippen molar-refractivity contribution in [2.75, 3.05) is 32.8 Å². The van der Waals surface area contributed by atoms with Gasteiger partial charge in [0.15, 0.2) is 0 Å². The summed E-state index contributed by atoms with van der Waals surface area (Å²) in [7, 11) is 0. The van der Waals surface area contributed by atoms with E-state index in [1.54, 1.807) is 6.07 Å². The Morgan fingerprint density at radius 2 is 1.79 bits per heavy atom. The number of morpholine rings is 1. The van der Waals surface area contributed by atoms with E-state index in [2.05, 4.69) is 46.5 Å². The molecule has 2 aliphatic rings. The first-order valence-corrected chi connectivity index (χ1v) is 10.5. The molecule has 0 unspecified atom stereocenters. The molecule has 0 saturated carbocycles. The molecule has 6 heteroatoms. The van der Waals surface area contributed by atoms with Gasteiger partial charge in [0, 0.05) is 49.9 Å². The first-order chi connectivity index (χ1) is 14.1. The minimum absolute atomic E-state index is 0.306. The van der Waals surface area contributed by atoms with Crippen LogP contribution in [0.25, 0.3) is 0 Å². The standard InChI is InChI=1S/C23H27ClFN3O/c1-17-14-28(16-20-6-7-21(25)13-22(20)24)26-23(17)12-18-4-2-3-5-19(18)15-27-8-10-29-11-9-27/h2-7,13,26H,8-12,14-16H2,1H3. The van der Waals surface area contributed by atoms with E-state index < -0.39 is 0 Å². The molecular formula is C23H27ClFN3O. The maximum Gasteiger partial charge on any atom is 0.124 e. The monoisotopic (exact) mass is 415 g/mol. The minimum atomic E-state index is -0.306. The van der Waals surface area contributed by atoms with Gasteiger partial charge in [-0.25, -0.2) is 9.40 Å². The number of hydrazine groups is 1. The number of ether oxygens (including phenoxy) is 1. The van der Waals surface area contributed by atoms with Crippen molar-refractivity contribution >= 4 is 11.6 Å². The summed E-state index contributed by atoms with van der Waals surface area (Å²) in [4.78, 5) is 2.45. The minimum Gasteiger partial charge on any atom is -0.379 e. The third-order valence-electron chi connectivity index (χ3n) is 5.60. The molecule has 0 spiro atoms. The fraction of sp³-hybridized carbons (Fsp3) is 0.391. The Morgan fingerprint density at radius 1 is 1.03 bits per heavy atom. The van der Waals surface area contributed by atoms with Gasteiger partial charge in [-0.1, -0.05) is 41.9 Å². The normalized spacial score (nSPS) is 18.3. The topological polar surface area (TPSA) is 27.7 Å². The van der Waals surface area contributed by atoms with E-state index in [9.17, 15) is 4.39 Å². The summed E-state index contributed by atoms with van der Waals surface area (Å²) in [6.45, 7) is 8.19. The number of halogens is 2. The maximum atomic E-state index is 13.3. The number of rotatable bonds is 6. The molecule has 29 heavy (non-hydrogen) atoms. The molecule has 0 aromatic heterocycles. The van der Waals surface area contributed by atoms with Crippen LogP contribution in [0.15, 0.2) is 53.7 Å². The second kappa shape index (κ2) is 9.26. The molecule has 154 valence electrons. The Labute approximate surface area is 176 Å². The summed E-state index contributed by atoms with van der Waals surface area (Å²) in [5, 5.41) is 2.60. The zero-order valence-corrected chi connectivity index (χ0v) is 17.5. The molecule has 4 nitrogen and oxygen atoms in total. The summed E-state index contributed by atoms with van der Waals surface area (Å²) in [6, 6.07) is 13.3. The lowest BCUT2D eigenvalue weighted by Crippen LogP contribution is -2.36. The van der Waals surface area contributed by atoms with Gasteiger partial charge in [0.05, 0.1) is 13.2 Å². The third-order valence-corrected chi connectivity index (χ3v) is 5.95. The highest BCUT2D eigenvalue weighted by Gasteiger charge is 2.21. The second-order valence-corrected chi connectivity index (χ2v) is 8.20. The van der Waals surface area contributed by atoms with E-state index in [4.69, 9.17) is 16.3 Å². The smallest absolute Gasteiger partial charge is 0.124 e. The summed E-state index contributed by atoms with van der Waals surface area (Å²) < 4.78 is 18.8. The van der Waals surface area contributed by atoms with Crippen molar-refractivity contribution in [3.63, 3.8) is 0 Å². The van der Waals surface area contributed by atoms with Crippen LogP contribution in [-0.4, -0.2) is 42.8 Å². The van der Waals surface area contributed by atoms with Crippen LogP contribution in [-0.2, 0) is 24.2 Å². The molecule has 2 aromatic rings. The van der Waals surface area contributed by atoms with Gasteiger partial charge in [-0.3, -0.25) is 4.90 Å². The van der Waals surface area contributed by atoms with Gasteiger partial charge in [0.2, 0.25) is 0 Å². The van der Waals surface area contributed by atoms with E-state index >= 15 is 0 Å². The third kappa shape index (κ3) is 5.17. The van der Waals surface area contributed by atoms with Crippen molar-refractivity contribution in [1.29, 1.82) is 0 Å². The molecule has 0 amide bonds. The first-order valence-electron chi connectivity index (χ1n) is 10.1. The average molecular weight is 416 g/mol.